The maximum atomic E-state index is 14.3. The molecule has 1 fully saturated rings. The number of rotatable bonds is 13. The van der Waals surface area contributed by atoms with Crippen LogP contribution in [0.5, 0.6) is 11.5 Å². The molecule has 0 radical (unpaired) electrons. The topological polar surface area (TPSA) is 105 Å². The largest absolute Gasteiger partial charge is 0.497 e. The Kier molecular flexibility index (Phi) is 11.5. The van der Waals surface area contributed by atoms with Crippen molar-refractivity contribution in [1.82, 2.24) is 10.2 Å². The Hall–Kier alpha value is -3.76. The van der Waals surface area contributed by atoms with E-state index in [0.29, 0.717) is 17.9 Å². The molecule has 44 heavy (non-hydrogen) atoms. The Labute approximate surface area is 265 Å². The number of carbonyl (C=O) groups excluding carboxylic acids is 2. The Morgan fingerprint density at radius 2 is 1.68 bits per heavy atom. The number of nitrogens with zero attached hydrogens (tertiary/aromatic N) is 2. The number of ether oxygens (including phenoxy) is 2. The van der Waals surface area contributed by atoms with Crippen molar-refractivity contribution in [3.63, 3.8) is 0 Å². The normalized spacial score (nSPS) is 14.4. The average Bonchev–Trinajstić information content (AvgIpc) is 3.04. The zero-order chi connectivity index (χ0) is 31.7. The van der Waals surface area contributed by atoms with Crippen LogP contribution in [0.1, 0.15) is 51.0 Å². The first-order valence-corrected chi connectivity index (χ1v) is 16.6. The Balaban J connectivity index is 1.73. The summed E-state index contributed by atoms with van der Waals surface area (Å²) in [5, 5.41) is 3.35. The van der Waals surface area contributed by atoms with Crippen LogP contribution in [0, 0.1) is 0 Å². The van der Waals surface area contributed by atoms with Gasteiger partial charge in [-0.3, -0.25) is 13.9 Å². The quantitative estimate of drug-likeness (QED) is 0.253. The van der Waals surface area contributed by atoms with E-state index in [0.717, 1.165) is 42.0 Å². The summed E-state index contributed by atoms with van der Waals surface area (Å²) in [6, 6.07) is 18.9. The molecule has 0 aliphatic heterocycles. The number of carbonyl (C=O) groups is 2. The van der Waals surface area contributed by atoms with E-state index in [-0.39, 0.29) is 34.1 Å². The van der Waals surface area contributed by atoms with Gasteiger partial charge >= 0.3 is 0 Å². The molecular weight excluding hydrogens is 602 g/mol. The van der Waals surface area contributed by atoms with E-state index in [9.17, 15) is 18.0 Å². The SMILES string of the molecule is CCC(C(=O)NC1CCCCC1)N(Cc1cccc(OC)c1)C(=O)CN(c1ccc(OC)c(Cl)c1)S(=O)(=O)c1ccccc1. The van der Waals surface area contributed by atoms with Crippen molar-refractivity contribution in [2.24, 2.45) is 0 Å². The summed E-state index contributed by atoms with van der Waals surface area (Å²) in [5.41, 5.74) is 0.931. The van der Waals surface area contributed by atoms with Crippen molar-refractivity contribution >= 4 is 39.1 Å². The molecule has 236 valence electrons. The third-order valence-electron chi connectivity index (χ3n) is 7.86. The Morgan fingerprint density at radius 3 is 2.32 bits per heavy atom. The Bertz CT molecular complexity index is 1530. The highest BCUT2D eigenvalue weighted by molar-refractivity contribution is 7.92. The first kappa shape index (κ1) is 33.1. The number of benzene rings is 3. The molecule has 0 heterocycles. The minimum Gasteiger partial charge on any atom is -0.497 e. The minimum atomic E-state index is -4.21. The minimum absolute atomic E-state index is 0.0150. The first-order valence-electron chi connectivity index (χ1n) is 14.8. The van der Waals surface area contributed by atoms with Crippen molar-refractivity contribution < 1.29 is 27.5 Å². The van der Waals surface area contributed by atoms with Gasteiger partial charge in [-0.25, -0.2) is 8.42 Å². The molecule has 0 aromatic heterocycles. The number of hydrogen-bond acceptors (Lipinski definition) is 6. The Morgan fingerprint density at radius 1 is 0.955 bits per heavy atom. The van der Waals surface area contributed by atoms with Gasteiger partial charge in [-0.15, -0.1) is 0 Å². The number of hydrogen-bond donors (Lipinski definition) is 1. The fourth-order valence-corrected chi connectivity index (χ4v) is 7.17. The molecule has 0 saturated heterocycles. The van der Waals surface area contributed by atoms with Gasteiger partial charge in [0.1, 0.15) is 24.1 Å². The summed E-state index contributed by atoms with van der Waals surface area (Å²) in [4.78, 5) is 29.5. The van der Waals surface area contributed by atoms with E-state index in [1.54, 1.807) is 43.5 Å². The van der Waals surface area contributed by atoms with Crippen molar-refractivity contribution in [2.75, 3.05) is 25.1 Å². The standard InChI is InChI=1S/C33H40ClN3O6S/c1-4-30(33(39)35-25-13-7-5-8-14-25)36(22-24-12-11-15-27(20-24)42-2)32(38)23-37(26-18-19-31(43-3)29(34)21-26)44(40,41)28-16-9-6-10-17-28/h6,9-12,15-21,25,30H,4-5,7-8,13-14,22-23H2,1-3H3,(H,35,39). The second-order valence-corrected chi connectivity index (χ2v) is 13.1. The van der Waals surface area contributed by atoms with Gasteiger partial charge in [0.15, 0.2) is 0 Å². The van der Waals surface area contributed by atoms with Gasteiger partial charge in [0, 0.05) is 12.6 Å². The van der Waals surface area contributed by atoms with Gasteiger partial charge in [0.2, 0.25) is 11.8 Å². The number of nitrogens with one attached hydrogen (secondary N) is 1. The smallest absolute Gasteiger partial charge is 0.264 e. The lowest BCUT2D eigenvalue weighted by atomic mass is 9.95. The number of sulfonamides is 1. The third-order valence-corrected chi connectivity index (χ3v) is 9.94. The van der Waals surface area contributed by atoms with Gasteiger partial charge in [-0.1, -0.05) is 68.1 Å². The highest BCUT2D eigenvalue weighted by atomic mass is 35.5. The lowest BCUT2D eigenvalue weighted by Crippen LogP contribution is -2.54. The van der Waals surface area contributed by atoms with E-state index in [1.165, 1.54) is 36.3 Å². The number of halogens is 1. The molecule has 1 saturated carbocycles. The van der Waals surface area contributed by atoms with Crippen LogP contribution in [0.3, 0.4) is 0 Å². The molecule has 9 nitrogen and oxygen atoms in total. The number of anilines is 1. The van der Waals surface area contributed by atoms with Gasteiger partial charge in [-0.05, 0) is 67.3 Å². The van der Waals surface area contributed by atoms with Gasteiger partial charge in [0.05, 0.1) is 29.8 Å². The zero-order valence-electron chi connectivity index (χ0n) is 25.4. The van der Waals surface area contributed by atoms with E-state index in [4.69, 9.17) is 21.1 Å². The molecule has 3 aromatic rings. The van der Waals surface area contributed by atoms with E-state index < -0.39 is 28.5 Å². The maximum Gasteiger partial charge on any atom is 0.264 e. The van der Waals surface area contributed by atoms with E-state index >= 15 is 0 Å². The predicted octanol–water partition coefficient (Wildman–Crippen LogP) is 5.81. The molecule has 0 spiro atoms. The number of methoxy groups -OCH3 is 2. The molecule has 4 rings (SSSR count). The van der Waals surface area contributed by atoms with Crippen LogP contribution in [-0.2, 0) is 26.2 Å². The van der Waals surface area contributed by atoms with Gasteiger partial charge in [-0.2, -0.15) is 0 Å². The fraction of sp³-hybridized carbons (Fsp3) is 0.394. The summed E-state index contributed by atoms with van der Waals surface area (Å²) < 4.78 is 39.7. The molecule has 1 N–H and O–H groups in total. The van der Waals surface area contributed by atoms with Crippen LogP contribution in [0.25, 0.3) is 0 Å². The van der Waals surface area contributed by atoms with Gasteiger partial charge in [0.25, 0.3) is 10.0 Å². The molecule has 11 heteroatoms. The lowest BCUT2D eigenvalue weighted by Gasteiger charge is -2.34. The fourth-order valence-electron chi connectivity index (χ4n) is 5.49. The van der Waals surface area contributed by atoms with Crippen LogP contribution in [0.4, 0.5) is 5.69 Å². The maximum absolute atomic E-state index is 14.3. The monoisotopic (exact) mass is 641 g/mol. The summed E-state index contributed by atoms with van der Waals surface area (Å²) in [5.74, 6) is 0.185. The van der Waals surface area contributed by atoms with E-state index in [1.807, 2.05) is 19.1 Å². The lowest BCUT2D eigenvalue weighted by molar-refractivity contribution is -0.140. The van der Waals surface area contributed by atoms with E-state index in [2.05, 4.69) is 5.32 Å². The van der Waals surface area contributed by atoms with Crippen molar-refractivity contribution in [2.45, 2.75) is 69.0 Å². The predicted molar refractivity (Wildman–Crippen MR) is 172 cm³/mol. The van der Waals surface area contributed by atoms with Crippen molar-refractivity contribution in [1.29, 1.82) is 0 Å². The molecule has 1 aliphatic rings. The molecule has 0 bridgehead atoms. The summed E-state index contributed by atoms with van der Waals surface area (Å²) in [7, 11) is -1.19. The van der Waals surface area contributed by atoms with Crippen LogP contribution < -0.4 is 19.1 Å². The number of amides is 2. The van der Waals surface area contributed by atoms with Crippen molar-refractivity contribution in [3.8, 4) is 11.5 Å². The highest BCUT2D eigenvalue weighted by Crippen LogP contribution is 2.32. The summed E-state index contributed by atoms with van der Waals surface area (Å²) in [6.45, 7) is 1.37. The molecule has 2 amide bonds. The average molecular weight is 642 g/mol. The molecule has 1 atom stereocenters. The summed E-state index contributed by atoms with van der Waals surface area (Å²) >= 11 is 6.41. The molecule has 3 aromatic carbocycles. The van der Waals surface area contributed by atoms with Crippen LogP contribution in [0.15, 0.2) is 77.7 Å². The third kappa shape index (κ3) is 8.04. The molecule has 1 aliphatic carbocycles. The van der Waals surface area contributed by atoms with Crippen LogP contribution in [-0.4, -0.2) is 58.0 Å². The second-order valence-electron chi connectivity index (χ2n) is 10.8. The first-order chi connectivity index (χ1) is 21.2. The molecular formula is C33H40ClN3O6S. The second kappa shape index (κ2) is 15.3. The van der Waals surface area contributed by atoms with Gasteiger partial charge < -0.3 is 19.7 Å². The van der Waals surface area contributed by atoms with Crippen LogP contribution in [0.2, 0.25) is 5.02 Å². The zero-order valence-corrected chi connectivity index (χ0v) is 26.9. The molecule has 1 unspecified atom stereocenters. The van der Waals surface area contributed by atoms with Crippen molar-refractivity contribution in [3.05, 3.63) is 83.4 Å². The van der Waals surface area contributed by atoms with Crippen LogP contribution >= 0.6 is 11.6 Å². The highest BCUT2D eigenvalue weighted by Gasteiger charge is 2.34. The summed E-state index contributed by atoms with van der Waals surface area (Å²) in [6.07, 6.45) is 5.37.